The monoisotopic (exact) mass is 212 g/mol. The second-order valence-electron chi connectivity index (χ2n) is 3.21. The van der Waals surface area contributed by atoms with Gasteiger partial charge in [0.15, 0.2) is 0 Å². The summed E-state index contributed by atoms with van der Waals surface area (Å²) in [6.45, 7) is 3.78. The van der Waals surface area contributed by atoms with Gasteiger partial charge in [0.2, 0.25) is 0 Å². The molecule has 0 unspecified atom stereocenters. The van der Waals surface area contributed by atoms with E-state index in [9.17, 15) is 4.79 Å². The van der Waals surface area contributed by atoms with Crippen molar-refractivity contribution in [2.24, 2.45) is 0 Å². The number of hydrogen-bond acceptors (Lipinski definition) is 3. The molecule has 1 rings (SSSR count). The van der Waals surface area contributed by atoms with Gasteiger partial charge < -0.3 is 9.84 Å². The largest absolute Gasteiger partial charge is 0.481 e. The standard InChI is InChI=1S/C10H16N2O3/c1-2-12-6-5-9(11-12)8-15-7-3-4-10(13)14/h5-6H,2-4,7-8H2,1H3,(H,13,14). The summed E-state index contributed by atoms with van der Waals surface area (Å²) in [5.41, 5.74) is 0.882. The van der Waals surface area contributed by atoms with Gasteiger partial charge in [-0.25, -0.2) is 0 Å². The van der Waals surface area contributed by atoms with E-state index in [2.05, 4.69) is 5.10 Å². The van der Waals surface area contributed by atoms with Crippen LogP contribution >= 0.6 is 0 Å². The van der Waals surface area contributed by atoms with Crippen molar-refractivity contribution in [1.29, 1.82) is 0 Å². The Balaban J connectivity index is 2.12. The number of nitrogens with zero attached hydrogens (tertiary/aromatic N) is 2. The molecule has 0 atom stereocenters. The highest BCUT2D eigenvalue weighted by Crippen LogP contribution is 1.99. The van der Waals surface area contributed by atoms with Gasteiger partial charge in [-0.3, -0.25) is 9.48 Å². The van der Waals surface area contributed by atoms with E-state index in [1.54, 1.807) is 0 Å². The van der Waals surface area contributed by atoms with Crippen LogP contribution in [0.2, 0.25) is 0 Å². The molecule has 0 fully saturated rings. The van der Waals surface area contributed by atoms with Gasteiger partial charge >= 0.3 is 5.97 Å². The zero-order chi connectivity index (χ0) is 11.1. The Labute approximate surface area is 88.7 Å². The first-order valence-electron chi connectivity index (χ1n) is 5.04. The molecule has 0 aliphatic rings. The van der Waals surface area contributed by atoms with Crippen molar-refractivity contribution < 1.29 is 14.6 Å². The molecule has 0 aromatic carbocycles. The molecule has 5 heteroatoms. The predicted octanol–water partition coefficient (Wildman–Crippen LogP) is 1.28. The third-order valence-electron chi connectivity index (χ3n) is 1.95. The second kappa shape index (κ2) is 6.19. The molecule has 1 N–H and O–H groups in total. The molecule has 5 nitrogen and oxygen atoms in total. The van der Waals surface area contributed by atoms with E-state index in [1.165, 1.54) is 0 Å². The lowest BCUT2D eigenvalue weighted by Gasteiger charge is -2.00. The van der Waals surface area contributed by atoms with Crippen LogP contribution in [0.1, 0.15) is 25.5 Å². The molecule has 1 heterocycles. The number of carbonyl (C=O) groups is 1. The van der Waals surface area contributed by atoms with E-state index < -0.39 is 5.97 Å². The van der Waals surface area contributed by atoms with Gasteiger partial charge in [-0.1, -0.05) is 0 Å². The van der Waals surface area contributed by atoms with Crippen molar-refractivity contribution in [2.45, 2.75) is 32.9 Å². The van der Waals surface area contributed by atoms with E-state index in [4.69, 9.17) is 9.84 Å². The Kier molecular flexibility index (Phi) is 4.83. The van der Waals surface area contributed by atoms with Crippen LogP contribution in [-0.2, 0) is 22.7 Å². The minimum absolute atomic E-state index is 0.156. The number of hydrogen-bond donors (Lipinski definition) is 1. The van der Waals surface area contributed by atoms with Crippen LogP contribution in [-0.4, -0.2) is 27.5 Å². The maximum absolute atomic E-state index is 10.2. The number of carboxylic acid groups (broad SMARTS) is 1. The molecule has 0 saturated heterocycles. The molecule has 84 valence electrons. The van der Waals surface area contributed by atoms with Crippen molar-refractivity contribution in [3.8, 4) is 0 Å². The average molecular weight is 212 g/mol. The van der Waals surface area contributed by atoms with Crippen molar-refractivity contribution >= 4 is 5.97 Å². The van der Waals surface area contributed by atoms with Gasteiger partial charge in [0.25, 0.3) is 0 Å². The number of aromatic nitrogens is 2. The lowest BCUT2D eigenvalue weighted by atomic mass is 10.3. The maximum atomic E-state index is 10.2. The van der Waals surface area contributed by atoms with Crippen molar-refractivity contribution in [3.05, 3.63) is 18.0 Å². The van der Waals surface area contributed by atoms with Crippen LogP contribution in [0.3, 0.4) is 0 Å². The minimum atomic E-state index is -0.783. The molecule has 0 radical (unpaired) electrons. The molecule has 0 aliphatic carbocycles. The molecular weight excluding hydrogens is 196 g/mol. The third kappa shape index (κ3) is 4.60. The van der Waals surface area contributed by atoms with Crippen molar-refractivity contribution in [1.82, 2.24) is 9.78 Å². The Morgan fingerprint density at radius 1 is 1.67 bits per heavy atom. The lowest BCUT2D eigenvalue weighted by Crippen LogP contribution is -2.01. The first-order chi connectivity index (χ1) is 7.22. The summed E-state index contributed by atoms with van der Waals surface area (Å²) >= 11 is 0. The fourth-order valence-electron chi connectivity index (χ4n) is 1.16. The predicted molar refractivity (Wildman–Crippen MR) is 54.4 cm³/mol. The molecule has 0 amide bonds. The van der Waals surface area contributed by atoms with E-state index in [0.29, 0.717) is 19.6 Å². The smallest absolute Gasteiger partial charge is 0.303 e. The van der Waals surface area contributed by atoms with Crippen LogP contribution in [0.5, 0.6) is 0 Å². The number of rotatable bonds is 7. The van der Waals surface area contributed by atoms with Crippen molar-refractivity contribution in [2.75, 3.05) is 6.61 Å². The average Bonchev–Trinajstić information content (AvgIpc) is 2.65. The van der Waals surface area contributed by atoms with Gasteiger partial charge in [-0.2, -0.15) is 5.10 Å². The highest BCUT2D eigenvalue weighted by molar-refractivity contribution is 5.66. The molecular formula is C10H16N2O3. The second-order valence-corrected chi connectivity index (χ2v) is 3.21. The fourth-order valence-corrected chi connectivity index (χ4v) is 1.16. The third-order valence-corrected chi connectivity index (χ3v) is 1.95. The summed E-state index contributed by atoms with van der Waals surface area (Å²) in [7, 11) is 0. The highest BCUT2D eigenvalue weighted by Gasteiger charge is 1.99. The first kappa shape index (κ1) is 11.7. The number of aryl methyl sites for hydroxylation is 1. The first-order valence-corrected chi connectivity index (χ1v) is 5.04. The molecule has 0 aliphatic heterocycles. The van der Waals surface area contributed by atoms with Gasteiger partial charge in [0, 0.05) is 25.8 Å². The molecule has 0 spiro atoms. The maximum Gasteiger partial charge on any atom is 0.303 e. The summed E-state index contributed by atoms with van der Waals surface area (Å²) < 4.78 is 7.12. The quantitative estimate of drug-likeness (QED) is 0.691. The van der Waals surface area contributed by atoms with Crippen LogP contribution < -0.4 is 0 Å². The summed E-state index contributed by atoms with van der Waals surface area (Å²) in [5, 5.41) is 12.6. The van der Waals surface area contributed by atoms with E-state index >= 15 is 0 Å². The summed E-state index contributed by atoms with van der Waals surface area (Å²) in [4.78, 5) is 10.2. The fraction of sp³-hybridized carbons (Fsp3) is 0.600. The van der Waals surface area contributed by atoms with E-state index in [1.807, 2.05) is 23.9 Å². The Morgan fingerprint density at radius 2 is 2.47 bits per heavy atom. The molecule has 15 heavy (non-hydrogen) atoms. The molecule has 1 aromatic heterocycles. The SMILES string of the molecule is CCn1ccc(COCCCC(=O)O)n1. The van der Waals surface area contributed by atoms with Crippen molar-refractivity contribution in [3.63, 3.8) is 0 Å². The van der Waals surface area contributed by atoms with Crippen LogP contribution in [0.4, 0.5) is 0 Å². The van der Waals surface area contributed by atoms with Gasteiger partial charge in [0.1, 0.15) is 0 Å². The zero-order valence-corrected chi connectivity index (χ0v) is 8.85. The topological polar surface area (TPSA) is 64.3 Å². The summed E-state index contributed by atoms with van der Waals surface area (Å²) in [6, 6.07) is 1.90. The number of ether oxygens (including phenoxy) is 1. The molecule has 0 bridgehead atoms. The van der Waals surface area contributed by atoms with Gasteiger partial charge in [-0.05, 0) is 19.4 Å². The van der Waals surface area contributed by atoms with Crippen LogP contribution in [0, 0.1) is 0 Å². The zero-order valence-electron chi connectivity index (χ0n) is 8.85. The van der Waals surface area contributed by atoms with Crippen LogP contribution in [0.15, 0.2) is 12.3 Å². The minimum Gasteiger partial charge on any atom is -0.481 e. The highest BCUT2D eigenvalue weighted by atomic mass is 16.5. The van der Waals surface area contributed by atoms with Gasteiger partial charge in [0.05, 0.1) is 12.3 Å². The Hall–Kier alpha value is -1.36. The van der Waals surface area contributed by atoms with E-state index in [0.717, 1.165) is 12.2 Å². The number of carboxylic acids is 1. The lowest BCUT2D eigenvalue weighted by molar-refractivity contribution is -0.137. The van der Waals surface area contributed by atoms with Gasteiger partial charge in [-0.15, -0.1) is 0 Å². The molecule has 1 aromatic rings. The van der Waals surface area contributed by atoms with Crippen LogP contribution in [0.25, 0.3) is 0 Å². The normalized spacial score (nSPS) is 10.5. The number of aliphatic carboxylic acids is 1. The summed E-state index contributed by atoms with van der Waals surface area (Å²) in [6.07, 6.45) is 2.60. The van der Waals surface area contributed by atoms with E-state index in [-0.39, 0.29) is 6.42 Å². The Morgan fingerprint density at radius 3 is 3.07 bits per heavy atom. The Bertz CT molecular complexity index is 309. The molecule has 0 saturated carbocycles. The summed E-state index contributed by atoms with van der Waals surface area (Å²) in [5.74, 6) is -0.783.